The minimum absolute atomic E-state index is 0.171. The van der Waals surface area contributed by atoms with Crippen molar-refractivity contribution in [1.82, 2.24) is 20.0 Å². The van der Waals surface area contributed by atoms with Gasteiger partial charge in [0.25, 0.3) is 5.91 Å². The molecular formula is C20H23N5O5. The molecule has 0 bridgehead atoms. The minimum atomic E-state index is -1.15. The quantitative estimate of drug-likeness (QED) is 0.531. The van der Waals surface area contributed by atoms with E-state index in [1.807, 2.05) is 17.0 Å². The second kappa shape index (κ2) is 8.12. The molecule has 0 spiro atoms. The van der Waals surface area contributed by atoms with E-state index in [9.17, 15) is 19.5 Å². The van der Waals surface area contributed by atoms with E-state index in [4.69, 9.17) is 11.2 Å². The zero-order valence-corrected chi connectivity index (χ0v) is 16.4. The normalized spacial score (nSPS) is 24.0. The van der Waals surface area contributed by atoms with E-state index in [2.05, 4.69) is 11.2 Å². The Morgan fingerprint density at radius 3 is 2.67 bits per heavy atom. The number of anilines is 1. The average molecular weight is 413 g/mol. The highest BCUT2D eigenvalue weighted by atomic mass is 16.5. The molecule has 1 aromatic rings. The number of ether oxygens (including phenoxy) is 1. The third-order valence-electron chi connectivity index (χ3n) is 5.64. The molecular weight excluding hydrogens is 390 g/mol. The zero-order chi connectivity index (χ0) is 21.3. The van der Waals surface area contributed by atoms with Crippen molar-refractivity contribution in [2.75, 3.05) is 50.8 Å². The van der Waals surface area contributed by atoms with Gasteiger partial charge < -0.3 is 25.0 Å². The van der Waals surface area contributed by atoms with Gasteiger partial charge in [0, 0.05) is 38.4 Å². The Bertz CT molecular complexity index is 859. The average Bonchev–Trinajstić information content (AvgIpc) is 3.02. The first kappa shape index (κ1) is 19.8. The largest absolute Gasteiger partial charge is 0.481 e. The second-order valence-electron chi connectivity index (χ2n) is 7.29. The van der Waals surface area contributed by atoms with Crippen molar-refractivity contribution >= 4 is 23.7 Å². The minimum Gasteiger partial charge on any atom is -0.481 e. The van der Waals surface area contributed by atoms with Crippen molar-refractivity contribution < 1.29 is 24.2 Å². The number of piperazine rings is 2. The molecule has 158 valence electrons. The van der Waals surface area contributed by atoms with Crippen LogP contribution >= 0.6 is 0 Å². The highest BCUT2D eigenvalue weighted by Crippen LogP contribution is 2.28. The number of fused-ring (bicyclic) bond motifs is 1. The molecule has 2 unspecified atom stereocenters. The Balaban J connectivity index is 1.56. The van der Waals surface area contributed by atoms with Crippen molar-refractivity contribution in [2.45, 2.75) is 12.2 Å². The van der Waals surface area contributed by atoms with Gasteiger partial charge in [-0.25, -0.2) is 14.5 Å². The molecule has 0 saturated carbocycles. The number of imide groups is 1. The fourth-order valence-electron chi connectivity index (χ4n) is 4.14. The fourth-order valence-corrected chi connectivity index (χ4v) is 4.14. The first-order chi connectivity index (χ1) is 14.5. The fraction of sp³-hybridized carbons (Fsp3) is 0.450. The number of carbonyl (C=O) groups excluding carboxylic acids is 2. The molecule has 3 heterocycles. The van der Waals surface area contributed by atoms with Crippen LogP contribution in [-0.2, 0) is 4.79 Å². The summed E-state index contributed by atoms with van der Waals surface area (Å²) >= 11 is 0. The molecule has 4 rings (SSSR count). The Kier molecular flexibility index (Phi) is 5.37. The van der Waals surface area contributed by atoms with E-state index in [0.717, 1.165) is 10.6 Å². The van der Waals surface area contributed by atoms with Gasteiger partial charge in [-0.2, -0.15) is 0 Å². The lowest BCUT2D eigenvalue weighted by Crippen LogP contribution is -2.63. The molecule has 2 N–H and O–H groups in total. The number of hydrogen-bond donors (Lipinski definition) is 2. The molecule has 1 aromatic carbocycles. The van der Waals surface area contributed by atoms with Crippen LogP contribution in [0.15, 0.2) is 24.3 Å². The molecule has 0 aromatic heterocycles. The van der Waals surface area contributed by atoms with Gasteiger partial charge in [-0.05, 0) is 24.3 Å². The molecule has 3 saturated heterocycles. The van der Waals surface area contributed by atoms with Crippen LogP contribution in [0.3, 0.4) is 0 Å². The number of benzene rings is 1. The highest BCUT2D eigenvalue weighted by molar-refractivity contribution is 6.05. The summed E-state index contributed by atoms with van der Waals surface area (Å²) in [7, 11) is 0. The lowest BCUT2D eigenvalue weighted by Gasteiger charge is -2.43. The van der Waals surface area contributed by atoms with Gasteiger partial charge in [0.1, 0.15) is 24.6 Å². The lowest BCUT2D eigenvalue weighted by molar-refractivity contribution is -0.132. The maximum Gasteiger partial charge on any atom is 0.409 e. The number of nitrogens with zero attached hydrogens (tertiary/aromatic N) is 4. The number of hydrogen-bond acceptors (Lipinski definition) is 6. The van der Waals surface area contributed by atoms with Gasteiger partial charge in [-0.3, -0.25) is 9.69 Å². The third kappa shape index (κ3) is 3.48. The van der Waals surface area contributed by atoms with Crippen LogP contribution in [0.25, 0.3) is 0 Å². The van der Waals surface area contributed by atoms with Gasteiger partial charge in [-0.15, -0.1) is 6.42 Å². The van der Waals surface area contributed by atoms with Crippen molar-refractivity contribution in [1.29, 1.82) is 0 Å². The van der Waals surface area contributed by atoms with Crippen LogP contribution in [0.1, 0.15) is 0 Å². The number of urea groups is 1. The van der Waals surface area contributed by atoms with Crippen molar-refractivity contribution in [3.63, 3.8) is 0 Å². The SMILES string of the molecule is C#CCOc1ccc(N2CCN(C(=O)O)C(N3C(=O)C4CNCCN4C3=O)C2)cc1. The molecule has 0 radical (unpaired) electrons. The first-order valence-corrected chi connectivity index (χ1v) is 9.76. The Labute approximate surface area is 174 Å². The van der Waals surface area contributed by atoms with E-state index in [-0.39, 0.29) is 25.6 Å². The molecule has 3 aliphatic heterocycles. The Morgan fingerprint density at radius 1 is 1.23 bits per heavy atom. The molecule has 4 amide bonds. The van der Waals surface area contributed by atoms with Crippen LogP contribution in [-0.4, -0.2) is 95.9 Å². The van der Waals surface area contributed by atoms with Crippen molar-refractivity contribution in [3.8, 4) is 18.1 Å². The van der Waals surface area contributed by atoms with E-state index < -0.39 is 24.3 Å². The monoisotopic (exact) mass is 413 g/mol. The molecule has 3 fully saturated rings. The zero-order valence-electron chi connectivity index (χ0n) is 16.4. The number of carboxylic acid groups (broad SMARTS) is 1. The van der Waals surface area contributed by atoms with Gasteiger partial charge in [0.2, 0.25) is 0 Å². The lowest BCUT2D eigenvalue weighted by atomic mass is 10.2. The molecule has 2 atom stereocenters. The van der Waals surface area contributed by atoms with Crippen LogP contribution < -0.4 is 15.0 Å². The number of terminal acetylenes is 1. The molecule has 10 heteroatoms. The molecule has 10 nitrogen and oxygen atoms in total. The Morgan fingerprint density at radius 2 is 2.00 bits per heavy atom. The van der Waals surface area contributed by atoms with Gasteiger partial charge in [0.15, 0.2) is 0 Å². The maximum absolute atomic E-state index is 13.0. The topological polar surface area (TPSA) is 106 Å². The van der Waals surface area contributed by atoms with E-state index >= 15 is 0 Å². The summed E-state index contributed by atoms with van der Waals surface area (Å²) in [5, 5.41) is 12.8. The number of carbonyl (C=O) groups is 3. The number of amides is 4. The molecule has 3 aliphatic rings. The van der Waals surface area contributed by atoms with Crippen LogP contribution in [0.4, 0.5) is 15.3 Å². The Hall–Kier alpha value is -3.45. The first-order valence-electron chi connectivity index (χ1n) is 9.76. The summed E-state index contributed by atoms with van der Waals surface area (Å²) in [5.74, 6) is 2.68. The van der Waals surface area contributed by atoms with Crippen molar-refractivity contribution in [2.24, 2.45) is 0 Å². The van der Waals surface area contributed by atoms with Crippen molar-refractivity contribution in [3.05, 3.63) is 24.3 Å². The van der Waals surface area contributed by atoms with Gasteiger partial charge in [0.05, 0.1) is 6.54 Å². The van der Waals surface area contributed by atoms with Gasteiger partial charge >= 0.3 is 12.1 Å². The highest BCUT2D eigenvalue weighted by Gasteiger charge is 2.51. The summed E-state index contributed by atoms with van der Waals surface area (Å²) in [4.78, 5) is 43.5. The van der Waals surface area contributed by atoms with E-state index in [1.165, 1.54) is 9.80 Å². The predicted octanol–water partition coefficient (Wildman–Crippen LogP) is 0.0607. The maximum atomic E-state index is 13.0. The standard InChI is InChI=1S/C20H23N5O5/c1-2-11-30-15-5-3-14(4-6-15)22-9-10-24(20(28)29)17(13-22)25-18(26)16-12-21-7-8-23(16)19(25)27/h1,3-6,16-17,21H,7-13H2,(H,28,29). The molecule has 30 heavy (non-hydrogen) atoms. The van der Waals surface area contributed by atoms with Gasteiger partial charge in [-0.1, -0.05) is 5.92 Å². The van der Waals surface area contributed by atoms with E-state index in [0.29, 0.717) is 31.9 Å². The summed E-state index contributed by atoms with van der Waals surface area (Å²) < 4.78 is 5.38. The predicted molar refractivity (Wildman–Crippen MR) is 107 cm³/mol. The van der Waals surface area contributed by atoms with Crippen LogP contribution in [0, 0.1) is 12.3 Å². The molecule has 0 aliphatic carbocycles. The summed E-state index contributed by atoms with van der Waals surface area (Å²) in [6.45, 7) is 2.40. The smallest absolute Gasteiger partial charge is 0.409 e. The summed E-state index contributed by atoms with van der Waals surface area (Å²) in [5.41, 5.74) is 0.844. The second-order valence-corrected chi connectivity index (χ2v) is 7.29. The van der Waals surface area contributed by atoms with Crippen LogP contribution in [0.2, 0.25) is 0 Å². The van der Waals surface area contributed by atoms with Crippen LogP contribution in [0.5, 0.6) is 5.75 Å². The number of nitrogens with one attached hydrogen (secondary N) is 1. The number of rotatable bonds is 4. The van der Waals surface area contributed by atoms with E-state index in [1.54, 1.807) is 12.1 Å². The third-order valence-corrected chi connectivity index (χ3v) is 5.64. The summed E-state index contributed by atoms with van der Waals surface area (Å²) in [6, 6.07) is 6.25. The summed E-state index contributed by atoms with van der Waals surface area (Å²) in [6.07, 6.45) is 3.16.